The molecule has 12 nitrogen and oxygen atoms in total. The predicted molar refractivity (Wildman–Crippen MR) is 321 cm³/mol. The third-order valence-electron chi connectivity index (χ3n) is 13.9. The zero-order chi connectivity index (χ0) is 57.5. The van der Waals surface area contributed by atoms with Gasteiger partial charge in [-0.3, -0.25) is 14.4 Å². The van der Waals surface area contributed by atoms with Crippen molar-refractivity contribution < 1.29 is 58.2 Å². The van der Waals surface area contributed by atoms with Crippen molar-refractivity contribution in [2.24, 2.45) is 0 Å². The molecule has 1 aliphatic rings. The minimum Gasteiger partial charge on any atom is -0.479 e. The lowest BCUT2D eigenvalue weighted by Crippen LogP contribution is -2.61. The van der Waals surface area contributed by atoms with Crippen molar-refractivity contribution in [2.75, 3.05) is 13.2 Å². The number of hydrogen-bond donors (Lipinski definition) is 3. The average molecular weight is 1110 g/mol. The molecule has 1 fully saturated rings. The molecule has 452 valence electrons. The van der Waals surface area contributed by atoms with E-state index in [9.17, 15) is 34.5 Å². The molecule has 6 unspecified atom stereocenters. The van der Waals surface area contributed by atoms with Crippen LogP contribution < -0.4 is 0 Å². The Balaban J connectivity index is 2.68. The number of carbonyl (C=O) groups excluding carboxylic acids is 3. The van der Waals surface area contributed by atoms with E-state index in [0.29, 0.717) is 19.3 Å². The molecular formula is C67H112O12. The van der Waals surface area contributed by atoms with Gasteiger partial charge in [-0.15, -0.1) is 0 Å². The van der Waals surface area contributed by atoms with Gasteiger partial charge >= 0.3 is 23.9 Å². The number of carboxylic acids is 1. The summed E-state index contributed by atoms with van der Waals surface area (Å²) < 4.78 is 28.5. The quantitative estimate of drug-likeness (QED) is 0.0228. The number of aliphatic carboxylic acids is 1. The van der Waals surface area contributed by atoms with Crippen LogP contribution in [0.3, 0.4) is 0 Å². The van der Waals surface area contributed by atoms with Gasteiger partial charge in [-0.25, -0.2) is 4.79 Å². The molecule has 0 radical (unpaired) electrons. The Kier molecular flexibility index (Phi) is 50.3. The van der Waals surface area contributed by atoms with Gasteiger partial charge in [0, 0.05) is 19.3 Å². The van der Waals surface area contributed by atoms with Crippen LogP contribution in [-0.2, 0) is 42.9 Å². The number of esters is 3. The first kappa shape index (κ1) is 72.9. The Hall–Kier alpha value is -4.10. The van der Waals surface area contributed by atoms with Gasteiger partial charge in [0.2, 0.25) is 0 Å². The van der Waals surface area contributed by atoms with Gasteiger partial charge in [-0.1, -0.05) is 241 Å². The summed E-state index contributed by atoms with van der Waals surface area (Å²) in [7, 11) is 0. The van der Waals surface area contributed by atoms with E-state index in [0.717, 1.165) is 128 Å². The highest BCUT2D eigenvalue weighted by Crippen LogP contribution is 2.26. The molecule has 0 aliphatic carbocycles. The van der Waals surface area contributed by atoms with Crippen molar-refractivity contribution in [2.45, 2.75) is 302 Å². The molecule has 0 bridgehead atoms. The molecule has 6 atom stereocenters. The normalized spacial score (nSPS) is 18.4. The molecule has 1 saturated heterocycles. The zero-order valence-electron chi connectivity index (χ0n) is 49.8. The minimum atomic E-state index is -1.91. The molecule has 0 aromatic carbocycles. The summed E-state index contributed by atoms with van der Waals surface area (Å²) in [6.45, 7) is 5.79. The lowest BCUT2D eigenvalue weighted by atomic mass is 9.98. The molecule has 79 heavy (non-hydrogen) atoms. The predicted octanol–water partition coefficient (Wildman–Crippen LogP) is 16.7. The molecule has 3 N–H and O–H groups in total. The smallest absolute Gasteiger partial charge is 0.335 e. The van der Waals surface area contributed by atoms with Crippen LogP contribution in [0.5, 0.6) is 0 Å². The summed E-state index contributed by atoms with van der Waals surface area (Å²) in [6, 6.07) is 0. The molecule has 0 aromatic heterocycles. The second kappa shape index (κ2) is 54.5. The van der Waals surface area contributed by atoms with Gasteiger partial charge in [0.05, 0.1) is 6.61 Å². The monoisotopic (exact) mass is 1110 g/mol. The molecular weight excluding hydrogens is 997 g/mol. The van der Waals surface area contributed by atoms with Crippen molar-refractivity contribution in [3.63, 3.8) is 0 Å². The zero-order valence-corrected chi connectivity index (χ0v) is 49.8. The number of ether oxygens (including phenoxy) is 5. The van der Waals surface area contributed by atoms with Gasteiger partial charge in [0.15, 0.2) is 24.6 Å². The highest BCUT2D eigenvalue weighted by molar-refractivity contribution is 5.74. The topological polar surface area (TPSA) is 175 Å². The maximum atomic E-state index is 13.2. The highest BCUT2D eigenvalue weighted by atomic mass is 16.7. The maximum Gasteiger partial charge on any atom is 0.335 e. The second-order valence-corrected chi connectivity index (χ2v) is 21.3. The highest BCUT2D eigenvalue weighted by Gasteiger charge is 2.50. The van der Waals surface area contributed by atoms with Gasteiger partial charge in [0.25, 0.3) is 0 Å². The van der Waals surface area contributed by atoms with Crippen molar-refractivity contribution in [1.29, 1.82) is 0 Å². The van der Waals surface area contributed by atoms with Crippen LogP contribution in [0.2, 0.25) is 0 Å². The van der Waals surface area contributed by atoms with Crippen molar-refractivity contribution >= 4 is 23.9 Å². The van der Waals surface area contributed by atoms with E-state index in [4.69, 9.17) is 23.7 Å². The molecule has 1 rings (SSSR count). The summed E-state index contributed by atoms with van der Waals surface area (Å²) >= 11 is 0. The molecule has 1 aliphatic heterocycles. The number of aliphatic hydroxyl groups excluding tert-OH is 2. The molecule has 0 amide bonds. The van der Waals surface area contributed by atoms with Crippen LogP contribution in [0.4, 0.5) is 0 Å². The van der Waals surface area contributed by atoms with Crippen LogP contribution in [0.1, 0.15) is 265 Å². The first-order chi connectivity index (χ1) is 38.6. The fourth-order valence-electron chi connectivity index (χ4n) is 9.14. The van der Waals surface area contributed by atoms with Crippen LogP contribution in [-0.4, -0.2) is 89.2 Å². The summed E-state index contributed by atoms with van der Waals surface area (Å²) in [5.74, 6) is -3.17. The Labute approximate surface area is 480 Å². The first-order valence-electron chi connectivity index (χ1n) is 31.6. The number of rotatable bonds is 53. The molecule has 0 saturated carbocycles. The SMILES string of the molecule is CC/C=C\C/C=C\C/C=C\C/C=C\C/C=C\CCCCCC(=O)OCC(COC1OC(C(=O)O)C(O)C(O)C1OC(=O)CCCCCCCCCCCCCCCCCCC)OC(=O)CCCCCCC/C=C\C/C=C\CCC. The Bertz CT molecular complexity index is 1700. The van der Waals surface area contributed by atoms with E-state index in [-0.39, 0.29) is 25.9 Å². The lowest BCUT2D eigenvalue weighted by molar-refractivity contribution is -0.301. The van der Waals surface area contributed by atoms with Crippen LogP contribution in [0.25, 0.3) is 0 Å². The van der Waals surface area contributed by atoms with E-state index in [2.05, 4.69) is 106 Å². The number of hydrogen-bond acceptors (Lipinski definition) is 11. The standard InChI is InChI=1S/C67H112O12/c1-4-7-10-13-16-19-22-25-27-29-30-32-33-36-38-41-44-47-50-53-59(68)75-56-58(77-60(69)54-51-48-45-42-39-35-24-21-18-15-12-9-6-3)57-76-67-65(63(72)62(71)64(79-67)66(73)74)78-61(70)55-52-49-46-43-40-37-34-31-28-26-23-20-17-14-11-8-5-2/h7,10,12,15-16,19,21,24-25,27,30,32,36,38,58,62-65,67,71-72H,4-6,8-9,11,13-14,17-18,20,22-23,26,28-29,31,33-35,37,39-57H2,1-3H3,(H,73,74)/b10-7-,15-12-,19-16-,24-21-,27-25-,32-30-,38-36-. The van der Waals surface area contributed by atoms with Crippen LogP contribution in [0, 0.1) is 0 Å². The summed E-state index contributed by atoms with van der Waals surface area (Å²) in [6.07, 6.45) is 58.3. The van der Waals surface area contributed by atoms with Gasteiger partial charge in [0.1, 0.15) is 18.8 Å². The molecule has 0 aromatic rings. The Morgan fingerprint density at radius 1 is 0.430 bits per heavy atom. The molecule has 0 spiro atoms. The van der Waals surface area contributed by atoms with E-state index in [1.807, 2.05) is 0 Å². The number of allylic oxidation sites excluding steroid dienone is 14. The van der Waals surface area contributed by atoms with Gasteiger partial charge in [-0.05, 0) is 89.9 Å². The first-order valence-corrected chi connectivity index (χ1v) is 31.6. The summed E-state index contributed by atoms with van der Waals surface area (Å²) in [5, 5.41) is 31.6. The molecule has 1 heterocycles. The number of aliphatic hydroxyl groups is 2. The summed E-state index contributed by atoms with van der Waals surface area (Å²) in [4.78, 5) is 51.2. The summed E-state index contributed by atoms with van der Waals surface area (Å²) in [5.41, 5.74) is 0. The van der Waals surface area contributed by atoms with E-state index < -0.39 is 67.3 Å². The minimum absolute atomic E-state index is 0.0562. The Morgan fingerprint density at radius 3 is 1.28 bits per heavy atom. The largest absolute Gasteiger partial charge is 0.479 e. The van der Waals surface area contributed by atoms with Crippen molar-refractivity contribution in [3.05, 3.63) is 85.1 Å². The fourth-order valence-corrected chi connectivity index (χ4v) is 9.14. The van der Waals surface area contributed by atoms with Crippen LogP contribution in [0.15, 0.2) is 85.1 Å². The van der Waals surface area contributed by atoms with E-state index >= 15 is 0 Å². The van der Waals surface area contributed by atoms with Crippen molar-refractivity contribution in [3.8, 4) is 0 Å². The van der Waals surface area contributed by atoms with Gasteiger partial charge in [-0.2, -0.15) is 0 Å². The fraction of sp³-hybridized carbons (Fsp3) is 0.731. The average Bonchev–Trinajstić information content (AvgIpc) is 3.47. The third kappa shape index (κ3) is 44.3. The number of carboxylic acid groups (broad SMARTS) is 1. The van der Waals surface area contributed by atoms with E-state index in [1.54, 1.807) is 0 Å². The number of carbonyl (C=O) groups is 4. The molecule has 12 heteroatoms. The Morgan fingerprint density at radius 2 is 0.823 bits per heavy atom. The second-order valence-electron chi connectivity index (χ2n) is 21.3. The van der Waals surface area contributed by atoms with Crippen LogP contribution >= 0.6 is 0 Å². The van der Waals surface area contributed by atoms with Gasteiger partial charge < -0.3 is 39.0 Å². The van der Waals surface area contributed by atoms with Crippen molar-refractivity contribution in [1.82, 2.24) is 0 Å². The number of unbranched alkanes of at least 4 members (excludes halogenated alkanes) is 25. The lowest BCUT2D eigenvalue weighted by Gasteiger charge is -2.40. The third-order valence-corrected chi connectivity index (χ3v) is 13.9. The van der Waals surface area contributed by atoms with E-state index in [1.165, 1.54) is 77.0 Å². The maximum absolute atomic E-state index is 13.2.